The third-order valence-corrected chi connectivity index (χ3v) is 6.15. The summed E-state index contributed by atoms with van der Waals surface area (Å²) in [7, 11) is -2.39. The van der Waals surface area contributed by atoms with E-state index in [9.17, 15) is 13.2 Å². The van der Waals surface area contributed by atoms with Gasteiger partial charge in [-0.1, -0.05) is 41.4 Å². The Labute approximate surface area is 180 Å². The topological polar surface area (TPSA) is 84.5 Å². The average Bonchev–Trinajstić information content (AvgIpc) is 2.70. The van der Waals surface area contributed by atoms with Crippen LogP contribution >= 0.6 is 11.6 Å². The van der Waals surface area contributed by atoms with Crippen molar-refractivity contribution in [1.29, 1.82) is 0 Å². The molecule has 6 nitrogen and oxygen atoms in total. The van der Waals surface area contributed by atoms with E-state index >= 15 is 0 Å². The molecule has 0 saturated heterocycles. The molecule has 1 amide bonds. The standard InChI is InChI=1S/C22H21ClN2O4S/c1-15-6-9-18(10-7-15)25-30(27,28)21-13-17(8-11-20(21)23)22(26)24-19-5-3-4-16(12-19)14-29-2/h3-13,25H,14H2,1-2H3,(H,24,26). The van der Waals surface area contributed by atoms with Gasteiger partial charge in [-0.25, -0.2) is 8.42 Å². The van der Waals surface area contributed by atoms with E-state index in [0.29, 0.717) is 18.0 Å². The molecule has 0 unspecified atom stereocenters. The molecule has 156 valence electrons. The number of hydrogen-bond donors (Lipinski definition) is 2. The molecule has 0 fully saturated rings. The van der Waals surface area contributed by atoms with E-state index in [4.69, 9.17) is 16.3 Å². The van der Waals surface area contributed by atoms with E-state index < -0.39 is 15.9 Å². The molecule has 0 heterocycles. The summed E-state index contributed by atoms with van der Waals surface area (Å²) in [4.78, 5) is 12.5. The number of ether oxygens (including phenoxy) is 1. The molecule has 8 heteroatoms. The van der Waals surface area contributed by atoms with Gasteiger partial charge in [0.2, 0.25) is 0 Å². The third kappa shape index (κ3) is 5.38. The van der Waals surface area contributed by atoms with Crippen LogP contribution in [0.5, 0.6) is 0 Å². The van der Waals surface area contributed by atoms with Crippen LogP contribution in [0.15, 0.2) is 71.6 Å². The number of hydrogen-bond acceptors (Lipinski definition) is 4. The molecule has 0 aliphatic rings. The number of aryl methyl sites for hydroxylation is 1. The Morgan fingerprint density at radius 2 is 1.73 bits per heavy atom. The Morgan fingerprint density at radius 1 is 1.00 bits per heavy atom. The fourth-order valence-corrected chi connectivity index (χ4v) is 4.38. The van der Waals surface area contributed by atoms with Gasteiger partial charge in [-0.2, -0.15) is 0 Å². The Morgan fingerprint density at radius 3 is 2.43 bits per heavy atom. The fourth-order valence-electron chi connectivity index (χ4n) is 2.79. The molecule has 3 rings (SSSR count). The van der Waals surface area contributed by atoms with Crippen LogP contribution in [0.1, 0.15) is 21.5 Å². The zero-order valence-corrected chi connectivity index (χ0v) is 18.0. The Bertz CT molecular complexity index is 1160. The van der Waals surface area contributed by atoms with Crippen molar-refractivity contribution < 1.29 is 17.9 Å². The Kier molecular flexibility index (Phi) is 6.77. The number of anilines is 2. The minimum atomic E-state index is -3.98. The molecule has 2 N–H and O–H groups in total. The highest BCUT2D eigenvalue weighted by Gasteiger charge is 2.20. The lowest BCUT2D eigenvalue weighted by molar-refractivity contribution is 0.102. The number of carbonyl (C=O) groups excluding carboxylic acids is 1. The van der Waals surface area contributed by atoms with Crippen molar-refractivity contribution in [2.75, 3.05) is 17.1 Å². The monoisotopic (exact) mass is 444 g/mol. The second kappa shape index (κ2) is 9.30. The molecular weight excluding hydrogens is 424 g/mol. The van der Waals surface area contributed by atoms with Crippen LogP contribution in [0, 0.1) is 6.92 Å². The van der Waals surface area contributed by atoms with Gasteiger partial charge < -0.3 is 10.1 Å². The van der Waals surface area contributed by atoms with Crippen LogP contribution in [0.25, 0.3) is 0 Å². The number of carbonyl (C=O) groups is 1. The number of benzene rings is 3. The third-order valence-electron chi connectivity index (χ3n) is 4.28. The molecule has 0 spiro atoms. The summed E-state index contributed by atoms with van der Waals surface area (Å²) in [6, 6.07) is 18.2. The molecule has 0 saturated carbocycles. The van der Waals surface area contributed by atoms with Crippen LogP contribution in [-0.2, 0) is 21.4 Å². The second-order valence-corrected chi connectivity index (χ2v) is 8.76. The van der Waals surface area contributed by atoms with Crippen molar-refractivity contribution in [1.82, 2.24) is 0 Å². The summed E-state index contributed by atoms with van der Waals surface area (Å²) in [5.74, 6) is -0.451. The maximum absolute atomic E-state index is 12.8. The maximum Gasteiger partial charge on any atom is 0.263 e. The van der Waals surface area contributed by atoms with E-state index in [0.717, 1.165) is 11.1 Å². The summed E-state index contributed by atoms with van der Waals surface area (Å²) in [5.41, 5.74) is 3.05. The molecule has 30 heavy (non-hydrogen) atoms. The molecule has 3 aromatic rings. The zero-order chi connectivity index (χ0) is 21.7. The van der Waals surface area contributed by atoms with Gasteiger partial charge >= 0.3 is 0 Å². The van der Waals surface area contributed by atoms with Crippen molar-refractivity contribution >= 4 is 38.9 Å². The summed E-state index contributed by atoms with van der Waals surface area (Å²) in [5, 5.41) is 2.78. The van der Waals surface area contributed by atoms with Gasteiger partial charge in [-0.3, -0.25) is 9.52 Å². The smallest absolute Gasteiger partial charge is 0.263 e. The molecule has 0 bridgehead atoms. The number of halogens is 1. The zero-order valence-electron chi connectivity index (χ0n) is 16.5. The minimum absolute atomic E-state index is 0.0215. The highest BCUT2D eigenvalue weighted by molar-refractivity contribution is 7.92. The van der Waals surface area contributed by atoms with Crippen molar-refractivity contribution in [3.05, 3.63) is 88.4 Å². The fraction of sp³-hybridized carbons (Fsp3) is 0.136. The summed E-state index contributed by atoms with van der Waals surface area (Å²) in [6.07, 6.45) is 0. The van der Waals surface area contributed by atoms with Crippen molar-refractivity contribution in [3.8, 4) is 0 Å². The highest BCUT2D eigenvalue weighted by Crippen LogP contribution is 2.26. The van der Waals surface area contributed by atoms with Gasteiger partial charge in [0.15, 0.2) is 0 Å². The second-order valence-electron chi connectivity index (χ2n) is 6.70. The lowest BCUT2D eigenvalue weighted by Crippen LogP contribution is -2.16. The summed E-state index contributed by atoms with van der Waals surface area (Å²) >= 11 is 6.13. The Hall–Kier alpha value is -2.87. The largest absolute Gasteiger partial charge is 0.380 e. The number of amides is 1. The number of rotatable bonds is 7. The normalized spacial score (nSPS) is 11.2. The minimum Gasteiger partial charge on any atom is -0.380 e. The van der Waals surface area contributed by atoms with Crippen molar-refractivity contribution in [2.45, 2.75) is 18.4 Å². The van der Waals surface area contributed by atoms with Crippen LogP contribution < -0.4 is 10.0 Å². The van der Waals surface area contributed by atoms with Crippen LogP contribution in [-0.4, -0.2) is 21.4 Å². The highest BCUT2D eigenvalue weighted by atomic mass is 35.5. The van der Waals surface area contributed by atoms with Crippen molar-refractivity contribution in [3.63, 3.8) is 0 Å². The molecule has 0 atom stereocenters. The average molecular weight is 445 g/mol. The molecule has 3 aromatic carbocycles. The first-order chi connectivity index (χ1) is 14.3. The lowest BCUT2D eigenvalue weighted by Gasteiger charge is -2.12. The molecule has 0 aliphatic carbocycles. The predicted molar refractivity (Wildman–Crippen MR) is 119 cm³/mol. The number of nitrogens with one attached hydrogen (secondary N) is 2. The van der Waals surface area contributed by atoms with E-state index in [2.05, 4.69) is 10.0 Å². The first-order valence-electron chi connectivity index (χ1n) is 9.07. The van der Waals surface area contributed by atoms with Gasteiger partial charge in [0.1, 0.15) is 4.90 Å². The molecule has 0 aromatic heterocycles. The van der Waals surface area contributed by atoms with Crippen LogP contribution in [0.3, 0.4) is 0 Å². The van der Waals surface area contributed by atoms with E-state index in [1.807, 2.05) is 13.0 Å². The van der Waals surface area contributed by atoms with Crippen LogP contribution in [0.2, 0.25) is 5.02 Å². The van der Waals surface area contributed by atoms with E-state index in [1.165, 1.54) is 18.2 Å². The van der Waals surface area contributed by atoms with Gasteiger partial charge in [0.05, 0.1) is 11.6 Å². The van der Waals surface area contributed by atoms with Gasteiger partial charge in [-0.15, -0.1) is 0 Å². The SMILES string of the molecule is COCc1cccc(NC(=O)c2ccc(Cl)c(S(=O)(=O)Nc3ccc(C)cc3)c2)c1. The van der Waals surface area contributed by atoms with Gasteiger partial charge in [-0.05, 0) is 55.0 Å². The molecular formula is C22H21ClN2O4S. The predicted octanol–water partition coefficient (Wildman–Crippen LogP) is 4.85. The summed E-state index contributed by atoms with van der Waals surface area (Å²) < 4.78 is 33.2. The van der Waals surface area contributed by atoms with Crippen molar-refractivity contribution in [2.24, 2.45) is 0 Å². The van der Waals surface area contributed by atoms with Gasteiger partial charge in [0, 0.05) is 24.0 Å². The first kappa shape index (κ1) is 21.8. The summed E-state index contributed by atoms with van der Waals surface area (Å²) in [6.45, 7) is 2.32. The number of methoxy groups -OCH3 is 1. The maximum atomic E-state index is 12.8. The van der Waals surface area contributed by atoms with Gasteiger partial charge in [0.25, 0.3) is 15.9 Å². The number of sulfonamides is 1. The Balaban J connectivity index is 1.84. The quantitative estimate of drug-likeness (QED) is 0.545. The molecule has 0 radical (unpaired) electrons. The van der Waals surface area contributed by atoms with E-state index in [1.54, 1.807) is 49.6 Å². The first-order valence-corrected chi connectivity index (χ1v) is 10.9. The molecule has 0 aliphatic heterocycles. The van der Waals surface area contributed by atoms with Crippen LogP contribution in [0.4, 0.5) is 11.4 Å². The lowest BCUT2D eigenvalue weighted by atomic mass is 10.2. The van der Waals surface area contributed by atoms with E-state index in [-0.39, 0.29) is 15.5 Å².